The van der Waals surface area contributed by atoms with Crippen LogP contribution in [0.15, 0.2) is 23.6 Å². The molecule has 1 aromatic heterocycles. The Balaban J connectivity index is 1.46. The van der Waals surface area contributed by atoms with Gasteiger partial charge in [0.2, 0.25) is 5.91 Å². The van der Waals surface area contributed by atoms with Gasteiger partial charge in [-0.15, -0.1) is 11.3 Å². The number of nitriles is 1. The number of anilines is 1. The van der Waals surface area contributed by atoms with Crippen molar-refractivity contribution in [3.05, 3.63) is 50.7 Å². The summed E-state index contributed by atoms with van der Waals surface area (Å²) >= 11 is 1.65. The number of piperazine rings is 1. The SMILES string of the molecule is CC(C)[C@@H]1CN(c2cc(C3CC3)c3c(c2C#N)CC(C)(C)OC3)CCN1C(=O)Cc1cccs1. The summed E-state index contributed by atoms with van der Waals surface area (Å²) in [5, 5.41) is 12.3. The molecule has 2 aliphatic heterocycles. The lowest BCUT2D eigenvalue weighted by atomic mass is 9.83. The Morgan fingerprint density at radius 3 is 2.74 bits per heavy atom. The summed E-state index contributed by atoms with van der Waals surface area (Å²) in [6.45, 7) is 11.5. The summed E-state index contributed by atoms with van der Waals surface area (Å²) in [5.41, 5.74) is 5.46. The lowest BCUT2D eigenvalue weighted by Gasteiger charge is -2.45. The van der Waals surface area contributed by atoms with Crippen LogP contribution in [0.25, 0.3) is 0 Å². The van der Waals surface area contributed by atoms with E-state index in [0.29, 0.717) is 31.4 Å². The Labute approximate surface area is 207 Å². The van der Waals surface area contributed by atoms with Crippen LogP contribution in [0.5, 0.6) is 0 Å². The molecule has 0 unspecified atom stereocenters. The minimum atomic E-state index is -0.259. The van der Waals surface area contributed by atoms with Crippen molar-refractivity contribution in [1.29, 1.82) is 5.26 Å². The summed E-state index contributed by atoms with van der Waals surface area (Å²) in [4.78, 5) is 18.8. The fourth-order valence-electron chi connectivity index (χ4n) is 5.60. The highest BCUT2D eigenvalue weighted by atomic mass is 32.1. The number of nitrogens with zero attached hydrogens (tertiary/aromatic N) is 3. The number of fused-ring (bicyclic) bond motifs is 1. The first-order valence-electron chi connectivity index (χ1n) is 12.6. The number of carbonyl (C=O) groups excluding carboxylic acids is 1. The Morgan fingerprint density at radius 1 is 1.29 bits per heavy atom. The molecule has 1 atom stereocenters. The Kier molecular flexibility index (Phi) is 6.20. The van der Waals surface area contributed by atoms with Crippen LogP contribution in [0.2, 0.25) is 0 Å². The van der Waals surface area contributed by atoms with Gasteiger partial charge in [-0.2, -0.15) is 5.26 Å². The molecule has 0 bridgehead atoms. The molecule has 1 saturated carbocycles. The molecule has 0 radical (unpaired) electrons. The number of amides is 1. The second kappa shape index (κ2) is 9.02. The molecule has 1 amide bonds. The molecular weight excluding hydrogens is 442 g/mol. The maximum atomic E-state index is 13.2. The van der Waals surface area contributed by atoms with Crippen molar-refractivity contribution in [2.45, 2.75) is 77.5 Å². The van der Waals surface area contributed by atoms with Gasteiger partial charge in [-0.05, 0) is 72.7 Å². The maximum Gasteiger partial charge on any atom is 0.228 e. The van der Waals surface area contributed by atoms with Crippen LogP contribution >= 0.6 is 11.3 Å². The third kappa shape index (κ3) is 4.48. The fourth-order valence-corrected chi connectivity index (χ4v) is 6.30. The number of hydrogen-bond donors (Lipinski definition) is 0. The van der Waals surface area contributed by atoms with Crippen LogP contribution in [0, 0.1) is 17.2 Å². The topological polar surface area (TPSA) is 56.6 Å². The summed E-state index contributed by atoms with van der Waals surface area (Å²) in [6.07, 6.45) is 3.69. The van der Waals surface area contributed by atoms with Crippen molar-refractivity contribution >= 4 is 22.9 Å². The Hall–Kier alpha value is -2.36. The van der Waals surface area contributed by atoms with Crippen molar-refractivity contribution in [2.75, 3.05) is 24.5 Å². The molecule has 1 saturated heterocycles. The fraction of sp³-hybridized carbons (Fsp3) is 0.571. The molecule has 5 rings (SSSR count). The van der Waals surface area contributed by atoms with Gasteiger partial charge in [-0.3, -0.25) is 4.79 Å². The lowest BCUT2D eigenvalue weighted by molar-refractivity contribution is -0.134. The summed E-state index contributed by atoms with van der Waals surface area (Å²) in [5.74, 6) is 1.15. The molecule has 3 heterocycles. The minimum Gasteiger partial charge on any atom is -0.371 e. The standard InChI is InChI=1S/C28H35N3O2S/c1-18(2)26-16-30(9-10-31(26)27(32)12-20-6-5-11-34-20)25-13-21(19-7-8-19)24-17-33-28(3,4)14-22(24)23(25)15-29/h5-6,11,13,18-19,26H,7-10,12,14,16-17H2,1-4H3/t26-/m0/s1. The molecular formula is C28H35N3O2S. The first-order chi connectivity index (χ1) is 16.3. The largest absolute Gasteiger partial charge is 0.371 e. The Bertz CT molecular complexity index is 1110. The van der Waals surface area contributed by atoms with Gasteiger partial charge in [-0.25, -0.2) is 0 Å². The zero-order valence-corrected chi connectivity index (χ0v) is 21.6. The molecule has 34 heavy (non-hydrogen) atoms. The third-order valence-electron chi connectivity index (χ3n) is 7.66. The van der Waals surface area contributed by atoms with E-state index in [1.807, 2.05) is 17.5 Å². The van der Waals surface area contributed by atoms with Gasteiger partial charge in [0.05, 0.1) is 35.9 Å². The molecule has 6 heteroatoms. The Morgan fingerprint density at radius 2 is 2.09 bits per heavy atom. The second-order valence-corrected chi connectivity index (χ2v) is 12.1. The van der Waals surface area contributed by atoms with E-state index < -0.39 is 0 Å². The van der Waals surface area contributed by atoms with Crippen LogP contribution in [-0.2, 0) is 29.0 Å². The molecule has 1 aliphatic carbocycles. The number of thiophene rings is 1. The molecule has 5 nitrogen and oxygen atoms in total. The summed E-state index contributed by atoms with van der Waals surface area (Å²) in [6, 6.07) is 9.05. The van der Waals surface area contributed by atoms with Crippen LogP contribution < -0.4 is 4.90 Å². The maximum absolute atomic E-state index is 13.2. The van der Waals surface area contributed by atoms with Crippen molar-refractivity contribution in [3.63, 3.8) is 0 Å². The van der Waals surface area contributed by atoms with E-state index in [-0.39, 0.29) is 17.6 Å². The van der Waals surface area contributed by atoms with Crippen molar-refractivity contribution in [1.82, 2.24) is 4.90 Å². The van der Waals surface area contributed by atoms with E-state index in [1.54, 1.807) is 11.3 Å². The average Bonchev–Trinajstić information content (AvgIpc) is 3.53. The van der Waals surface area contributed by atoms with Gasteiger partial charge < -0.3 is 14.5 Å². The minimum absolute atomic E-state index is 0.132. The van der Waals surface area contributed by atoms with E-state index in [1.165, 1.54) is 29.5 Å². The van der Waals surface area contributed by atoms with E-state index in [9.17, 15) is 10.1 Å². The van der Waals surface area contributed by atoms with Gasteiger partial charge in [-0.1, -0.05) is 19.9 Å². The average molecular weight is 478 g/mol. The molecule has 2 aromatic rings. The second-order valence-electron chi connectivity index (χ2n) is 11.0. The van der Waals surface area contributed by atoms with E-state index in [4.69, 9.17) is 4.74 Å². The monoisotopic (exact) mass is 477 g/mol. The van der Waals surface area contributed by atoms with Gasteiger partial charge >= 0.3 is 0 Å². The molecule has 3 aliphatic rings. The first kappa shape index (κ1) is 23.4. The van der Waals surface area contributed by atoms with Crippen LogP contribution in [-0.4, -0.2) is 42.1 Å². The van der Waals surface area contributed by atoms with Crippen LogP contribution in [0.3, 0.4) is 0 Å². The summed E-state index contributed by atoms with van der Waals surface area (Å²) < 4.78 is 6.16. The quantitative estimate of drug-likeness (QED) is 0.589. The van der Waals surface area contributed by atoms with Crippen molar-refractivity contribution in [3.8, 4) is 6.07 Å². The number of rotatable bonds is 5. The predicted molar refractivity (Wildman–Crippen MR) is 136 cm³/mol. The molecule has 2 fully saturated rings. The van der Waals surface area contributed by atoms with E-state index in [2.05, 4.69) is 49.6 Å². The predicted octanol–water partition coefficient (Wildman–Crippen LogP) is 5.26. The van der Waals surface area contributed by atoms with Gasteiger partial charge in [0.25, 0.3) is 0 Å². The highest BCUT2D eigenvalue weighted by Crippen LogP contribution is 2.47. The van der Waals surface area contributed by atoms with Gasteiger partial charge in [0, 0.05) is 30.9 Å². The van der Waals surface area contributed by atoms with Crippen molar-refractivity contribution < 1.29 is 9.53 Å². The van der Waals surface area contributed by atoms with Crippen LogP contribution in [0.1, 0.15) is 73.6 Å². The highest BCUT2D eigenvalue weighted by Gasteiger charge is 2.38. The zero-order valence-electron chi connectivity index (χ0n) is 20.8. The smallest absolute Gasteiger partial charge is 0.228 e. The molecule has 0 spiro atoms. The normalized spacial score (nSPS) is 21.9. The zero-order chi connectivity index (χ0) is 24.0. The molecule has 0 N–H and O–H groups in total. The lowest BCUT2D eigenvalue weighted by Crippen LogP contribution is -2.57. The number of ether oxygens (including phenoxy) is 1. The van der Waals surface area contributed by atoms with Crippen LogP contribution in [0.4, 0.5) is 5.69 Å². The van der Waals surface area contributed by atoms with Gasteiger partial charge in [0.1, 0.15) is 6.07 Å². The number of carbonyl (C=O) groups is 1. The number of benzene rings is 1. The highest BCUT2D eigenvalue weighted by molar-refractivity contribution is 7.10. The molecule has 1 aromatic carbocycles. The number of hydrogen-bond acceptors (Lipinski definition) is 5. The first-order valence-corrected chi connectivity index (χ1v) is 13.4. The van der Waals surface area contributed by atoms with E-state index >= 15 is 0 Å². The summed E-state index contributed by atoms with van der Waals surface area (Å²) in [7, 11) is 0. The van der Waals surface area contributed by atoms with Crippen molar-refractivity contribution in [2.24, 2.45) is 5.92 Å². The third-order valence-corrected chi connectivity index (χ3v) is 8.53. The molecule has 180 valence electrons. The van der Waals surface area contributed by atoms with Gasteiger partial charge in [0.15, 0.2) is 0 Å². The van der Waals surface area contributed by atoms with E-state index in [0.717, 1.165) is 35.6 Å².